The zero-order valence-electron chi connectivity index (χ0n) is 15.5. The lowest BCUT2D eigenvalue weighted by Gasteiger charge is -2.09. The van der Waals surface area contributed by atoms with Crippen LogP contribution in [0.3, 0.4) is 0 Å². The summed E-state index contributed by atoms with van der Waals surface area (Å²) in [6.45, 7) is 4.17. The largest absolute Gasteiger partial charge is 0.416 e. The van der Waals surface area contributed by atoms with Crippen molar-refractivity contribution >= 4 is 35.0 Å². The number of nitrogens with zero attached hydrogens (tertiary/aromatic N) is 3. The van der Waals surface area contributed by atoms with Gasteiger partial charge >= 0.3 is 6.18 Å². The van der Waals surface area contributed by atoms with Crippen LogP contribution in [0.25, 0.3) is 11.4 Å². The Bertz CT molecular complexity index is 1030. The summed E-state index contributed by atoms with van der Waals surface area (Å²) in [7, 11) is 0. The fraction of sp³-hybridized carbons (Fsp3) is 0.150. The van der Waals surface area contributed by atoms with E-state index in [1.807, 2.05) is 16.7 Å². The Morgan fingerprint density at radius 1 is 1.13 bits per heavy atom. The van der Waals surface area contributed by atoms with Crippen molar-refractivity contribution in [3.05, 3.63) is 71.8 Å². The van der Waals surface area contributed by atoms with Gasteiger partial charge in [0.1, 0.15) is 0 Å². The van der Waals surface area contributed by atoms with Crippen molar-refractivity contribution in [3.63, 3.8) is 0 Å². The molecule has 0 atom stereocenters. The second-order valence-corrected chi connectivity index (χ2v) is 7.50. The molecule has 0 saturated heterocycles. The van der Waals surface area contributed by atoms with E-state index >= 15 is 0 Å². The molecule has 156 valence electrons. The Hall–Kier alpha value is -2.78. The summed E-state index contributed by atoms with van der Waals surface area (Å²) in [4.78, 5) is 12.2. The molecule has 0 fully saturated rings. The van der Waals surface area contributed by atoms with Gasteiger partial charge in [0.15, 0.2) is 11.0 Å². The Balaban J connectivity index is 1.67. The molecule has 1 heterocycles. The van der Waals surface area contributed by atoms with Gasteiger partial charge < -0.3 is 5.32 Å². The van der Waals surface area contributed by atoms with E-state index in [4.69, 9.17) is 11.6 Å². The van der Waals surface area contributed by atoms with E-state index in [1.165, 1.54) is 12.1 Å². The minimum Gasteiger partial charge on any atom is -0.325 e. The fourth-order valence-corrected chi connectivity index (χ4v) is 3.45. The first-order valence-electron chi connectivity index (χ1n) is 8.68. The zero-order valence-corrected chi connectivity index (χ0v) is 17.1. The molecule has 0 bridgehead atoms. The molecule has 0 saturated carbocycles. The lowest BCUT2D eigenvalue weighted by Crippen LogP contribution is -2.15. The van der Waals surface area contributed by atoms with E-state index in [9.17, 15) is 18.0 Å². The van der Waals surface area contributed by atoms with Crippen molar-refractivity contribution in [2.75, 3.05) is 11.1 Å². The molecule has 0 aliphatic heterocycles. The number of alkyl halides is 3. The van der Waals surface area contributed by atoms with Gasteiger partial charge in [0.25, 0.3) is 0 Å². The summed E-state index contributed by atoms with van der Waals surface area (Å²) >= 11 is 7.09. The predicted octanol–water partition coefficient (Wildman–Crippen LogP) is 5.53. The van der Waals surface area contributed by atoms with Crippen molar-refractivity contribution in [2.45, 2.75) is 17.9 Å². The molecule has 0 unspecified atom stereocenters. The highest BCUT2D eigenvalue weighted by atomic mass is 35.5. The smallest absolute Gasteiger partial charge is 0.325 e. The third kappa shape index (κ3) is 5.43. The minimum absolute atomic E-state index is 0.0108. The highest BCUT2D eigenvalue weighted by Crippen LogP contribution is 2.30. The lowest BCUT2D eigenvalue weighted by atomic mass is 10.2. The van der Waals surface area contributed by atoms with Gasteiger partial charge in [-0.25, -0.2) is 0 Å². The zero-order chi connectivity index (χ0) is 21.7. The topological polar surface area (TPSA) is 59.8 Å². The Labute approximate surface area is 180 Å². The van der Waals surface area contributed by atoms with Crippen LogP contribution in [0.1, 0.15) is 5.56 Å². The number of hydrogen-bond donors (Lipinski definition) is 1. The lowest BCUT2D eigenvalue weighted by molar-refractivity contribution is -0.137. The van der Waals surface area contributed by atoms with Crippen molar-refractivity contribution in [1.29, 1.82) is 0 Å². The molecule has 0 aliphatic rings. The quantitative estimate of drug-likeness (QED) is 0.378. The molecule has 0 aliphatic carbocycles. The molecule has 0 spiro atoms. The summed E-state index contributed by atoms with van der Waals surface area (Å²) in [5.74, 6) is 0.245. The number of rotatable bonds is 7. The fourth-order valence-electron chi connectivity index (χ4n) is 2.57. The summed E-state index contributed by atoms with van der Waals surface area (Å²) in [5.41, 5.74) is 0.319. The van der Waals surface area contributed by atoms with Crippen molar-refractivity contribution in [2.24, 2.45) is 0 Å². The molecule has 1 N–H and O–H groups in total. The van der Waals surface area contributed by atoms with E-state index in [1.54, 1.807) is 18.2 Å². The maximum absolute atomic E-state index is 12.6. The van der Waals surface area contributed by atoms with Crippen LogP contribution in [-0.2, 0) is 17.5 Å². The molecule has 30 heavy (non-hydrogen) atoms. The number of thioether (sulfide) groups is 1. The van der Waals surface area contributed by atoms with Crippen molar-refractivity contribution in [1.82, 2.24) is 14.8 Å². The molecule has 3 rings (SSSR count). The number of carbonyl (C=O) groups is 1. The molecule has 5 nitrogen and oxygen atoms in total. The molecule has 10 heteroatoms. The molecule has 2 aromatic carbocycles. The average Bonchev–Trinajstić information content (AvgIpc) is 3.10. The summed E-state index contributed by atoms with van der Waals surface area (Å²) in [5, 5.41) is 12.0. The SMILES string of the molecule is C=CCn1c(SCC(=O)Nc2ccc(C(F)(F)F)cc2)nnc1-c1ccc(Cl)cc1. The van der Waals surface area contributed by atoms with Crippen LogP contribution in [0, 0.1) is 0 Å². The van der Waals surface area contributed by atoms with Crippen LogP contribution in [-0.4, -0.2) is 26.4 Å². The Morgan fingerprint density at radius 3 is 2.40 bits per heavy atom. The van der Waals surface area contributed by atoms with Gasteiger partial charge in [0.05, 0.1) is 11.3 Å². The van der Waals surface area contributed by atoms with Crippen molar-refractivity contribution in [3.8, 4) is 11.4 Å². The van der Waals surface area contributed by atoms with Crippen LogP contribution < -0.4 is 5.32 Å². The Morgan fingerprint density at radius 2 is 1.80 bits per heavy atom. The number of halogens is 4. The number of benzene rings is 2. The van der Waals surface area contributed by atoms with Crippen LogP contribution in [0.2, 0.25) is 5.02 Å². The minimum atomic E-state index is -4.42. The second kappa shape index (κ2) is 9.36. The number of amides is 1. The number of nitrogens with one attached hydrogen (secondary N) is 1. The Kier molecular flexibility index (Phi) is 6.84. The van der Waals surface area contributed by atoms with E-state index in [0.717, 1.165) is 29.5 Å². The molecular formula is C20H16ClF3N4OS. The highest BCUT2D eigenvalue weighted by molar-refractivity contribution is 7.99. The van der Waals surface area contributed by atoms with E-state index in [-0.39, 0.29) is 17.3 Å². The monoisotopic (exact) mass is 452 g/mol. The highest BCUT2D eigenvalue weighted by Gasteiger charge is 2.30. The third-order valence-electron chi connectivity index (χ3n) is 3.96. The molecule has 0 radical (unpaired) electrons. The molecule has 1 aromatic heterocycles. The second-order valence-electron chi connectivity index (χ2n) is 6.12. The van der Waals surface area contributed by atoms with Crippen LogP contribution in [0.5, 0.6) is 0 Å². The average molecular weight is 453 g/mol. The van der Waals surface area contributed by atoms with Gasteiger partial charge in [-0.15, -0.1) is 16.8 Å². The summed E-state index contributed by atoms with van der Waals surface area (Å²) < 4.78 is 39.7. The first-order valence-corrected chi connectivity index (χ1v) is 10.0. The van der Waals surface area contributed by atoms with Gasteiger partial charge in [-0.1, -0.05) is 29.4 Å². The first-order chi connectivity index (χ1) is 14.3. The van der Waals surface area contributed by atoms with Crippen LogP contribution >= 0.6 is 23.4 Å². The predicted molar refractivity (Wildman–Crippen MR) is 111 cm³/mol. The van der Waals surface area contributed by atoms with Crippen LogP contribution in [0.15, 0.2) is 66.3 Å². The maximum atomic E-state index is 12.6. The number of aromatic nitrogens is 3. The van der Waals surface area contributed by atoms with E-state index in [0.29, 0.717) is 22.5 Å². The number of carbonyl (C=O) groups excluding carboxylic acids is 1. The van der Waals surface area contributed by atoms with Gasteiger partial charge in [0.2, 0.25) is 5.91 Å². The first kappa shape index (κ1) is 21.9. The van der Waals surface area contributed by atoms with E-state index < -0.39 is 11.7 Å². The summed E-state index contributed by atoms with van der Waals surface area (Å²) in [6.07, 6.45) is -2.73. The number of allylic oxidation sites excluding steroid dienone is 1. The molecule has 1 amide bonds. The third-order valence-corrected chi connectivity index (χ3v) is 5.18. The van der Waals surface area contributed by atoms with Gasteiger partial charge in [-0.05, 0) is 48.5 Å². The summed E-state index contributed by atoms with van der Waals surface area (Å²) in [6, 6.07) is 11.4. The van der Waals surface area contributed by atoms with Gasteiger partial charge in [-0.2, -0.15) is 13.2 Å². The van der Waals surface area contributed by atoms with Crippen molar-refractivity contribution < 1.29 is 18.0 Å². The standard InChI is InChI=1S/C20H16ClF3N4OS/c1-2-11-28-18(13-3-7-15(21)8-4-13)26-27-19(28)30-12-17(29)25-16-9-5-14(6-10-16)20(22,23)24/h2-10H,1,11-12H2,(H,25,29). The maximum Gasteiger partial charge on any atom is 0.416 e. The number of anilines is 1. The van der Waals surface area contributed by atoms with Gasteiger partial charge in [-0.3, -0.25) is 9.36 Å². The van der Waals surface area contributed by atoms with E-state index in [2.05, 4.69) is 22.1 Å². The molecule has 3 aromatic rings. The number of hydrogen-bond acceptors (Lipinski definition) is 4. The molecular weight excluding hydrogens is 437 g/mol. The normalized spacial score (nSPS) is 11.3. The van der Waals surface area contributed by atoms with Gasteiger partial charge in [0, 0.05) is 22.8 Å². The van der Waals surface area contributed by atoms with Crippen LogP contribution in [0.4, 0.5) is 18.9 Å².